The molecule has 0 atom stereocenters. The molecule has 0 unspecified atom stereocenters. The van der Waals surface area contributed by atoms with Gasteiger partial charge in [-0.2, -0.15) is 0 Å². The second kappa shape index (κ2) is 4.55. The van der Waals surface area contributed by atoms with Crippen molar-refractivity contribution in [3.05, 3.63) is 10.1 Å². The summed E-state index contributed by atoms with van der Waals surface area (Å²) in [4.78, 5) is 17.5. The minimum Gasteiger partial charge on any atom is -0.543 e. The summed E-state index contributed by atoms with van der Waals surface area (Å²) in [6, 6.07) is 0. The Labute approximate surface area is 55.3 Å². The average Bonchev–Trinajstić information content (AvgIpc) is 1.27. The minimum atomic E-state index is -1.66. The van der Waals surface area contributed by atoms with Gasteiger partial charge in [0.2, 0.25) is 6.54 Å². The van der Waals surface area contributed by atoms with Crippen molar-refractivity contribution in [1.82, 2.24) is 0 Å². The quantitative estimate of drug-likeness (QED) is 0.271. The molecule has 8 heavy (non-hydrogen) atoms. The summed E-state index contributed by atoms with van der Waals surface area (Å²) in [6.45, 7) is -1.11. The molecular weight excluding hydrogens is 166 g/mol. The molecule has 0 aliphatic rings. The molecule has 0 rings (SSSR count). The van der Waals surface area contributed by atoms with Crippen molar-refractivity contribution in [2.45, 2.75) is 0 Å². The Bertz CT molecular complexity index is 90.2. The second-order valence-corrected chi connectivity index (χ2v) is 0.863. The summed E-state index contributed by atoms with van der Waals surface area (Å²) < 4.78 is 0. The van der Waals surface area contributed by atoms with Crippen molar-refractivity contribution in [2.75, 3.05) is 6.54 Å². The fourth-order valence-corrected chi connectivity index (χ4v) is 0.105. The second-order valence-electron chi connectivity index (χ2n) is 0.863. The Morgan fingerprint density at radius 3 is 2.00 bits per heavy atom. The summed E-state index contributed by atoms with van der Waals surface area (Å²) in [6.07, 6.45) is 0. The van der Waals surface area contributed by atoms with Gasteiger partial charge in [0.15, 0.2) is 0 Å². The van der Waals surface area contributed by atoms with Gasteiger partial charge in [-0.15, -0.1) is 0 Å². The van der Waals surface area contributed by atoms with Gasteiger partial charge in [0, 0.05) is 22.0 Å². The van der Waals surface area contributed by atoms with Crippen LogP contribution in [0.2, 0.25) is 0 Å². The van der Waals surface area contributed by atoms with Crippen LogP contribution in [0.15, 0.2) is 0 Å². The number of hydrogen-bond donors (Lipinski definition) is 0. The van der Waals surface area contributed by atoms with Crippen molar-refractivity contribution >= 4 is 5.97 Å². The molecule has 0 amide bonds. The van der Waals surface area contributed by atoms with Crippen LogP contribution in [-0.2, 0) is 21.9 Å². The molecule has 51 valence electrons. The van der Waals surface area contributed by atoms with E-state index in [9.17, 15) is 20.0 Å². The molecule has 5 nitrogen and oxygen atoms in total. The van der Waals surface area contributed by atoms with Crippen LogP contribution in [0.5, 0.6) is 0 Å². The van der Waals surface area contributed by atoms with Crippen LogP contribution in [0.1, 0.15) is 0 Å². The maximum atomic E-state index is 9.26. The first-order valence-electron chi connectivity index (χ1n) is 1.44. The maximum Gasteiger partial charge on any atom is 0.243 e. The summed E-state index contributed by atoms with van der Waals surface area (Å²) in [7, 11) is 0. The van der Waals surface area contributed by atoms with Crippen LogP contribution in [-0.4, -0.2) is 17.4 Å². The number of nitro groups is 1. The standard InChI is InChI=1S/C2H3NO4.Cu/c4-2(5)1-3(6)7;/h1H2,(H,4,5);/p-1. The first-order valence-corrected chi connectivity index (χ1v) is 1.44. The molecule has 0 aromatic carbocycles. The number of hydrogen-bond acceptors (Lipinski definition) is 4. The number of carbonyl (C=O) groups excluding carboxylic acids is 1. The number of rotatable bonds is 2. The van der Waals surface area contributed by atoms with Gasteiger partial charge in [-0.3, -0.25) is 10.1 Å². The van der Waals surface area contributed by atoms with Gasteiger partial charge < -0.3 is 9.90 Å². The molecule has 0 aliphatic carbocycles. The Hall–Kier alpha value is -0.611. The summed E-state index contributed by atoms with van der Waals surface area (Å²) in [5.41, 5.74) is 0. The Kier molecular flexibility index (Phi) is 5.90. The van der Waals surface area contributed by atoms with Crippen molar-refractivity contribution in [3.63, 3.8) is 0 Å². The molecule has 0 heterocycles. The zero-order chi connectivity index (χ0) is 5.86. The molecule has 0 bridgehead atoms. The zero-order valence-corrected chi connectivity index (χ0v) is 4.53. The van der Waals surface area contributed by atoms with Gasteiger partial charge in [0.1, 0.15) is 5.97 Å². The van der Waals surface area contributed by atoms with E-state index in [0.717, 1.165) is 0 Å². The third kappa shape index (κ3) is 9.04. The third-order valence-corrected chi connectivity index (χ3v) is 0.258. The molecule has 6 heteroatoms. The largest absolute Gasteiger partial charge is 0.543 e. The summed E-state index contributed by atoms with van der Waals surface area (Å²) in [5, 5.41) is 18.5. The molecule has 0 spiro atoms. The maximum absolute atomic E-state index is 9.26. The van der Waals surface area contributed by atoms with Crippen molar-refractivity contribution < 1.29 is 31.9 Å². The SMILES string of the molecule is O=C([O-])C[N+](=O)[O-].[Cu]. The van der Waals surface area contributed by atoms with Crippen LogP contribution in [0.25, 0.3) is 0 Å². The van der Waals surface area contributed by atoms with Crippen molar-refractivity contribution in [1.29, 1.82) is 0 Å². The van der Waals surface area contributed by atoms with Crippen LogP contribution < -0.4 is 5.11 Å². The van der Waals surface area contributed by atoms with Gasteiger partial charge in [-0.1, -0.05) is 0 Å². The number of carbonyl (C=O) groups is 1. The fourth-order valence-electron chi connectivity index (χ4n) is 0.105. The van der Waals surface area contributed by atoms with E-state index in [1.807, 2.05) is 0 Å². The van der Waals surface area contributed by atoms with E-state index in [-0.39, 0.29) is 17.1 Å². The smallest absolute Gasteiger partial charge is 0.243 e. The zero-order valence-electron chi connectivity index (χ0n) is 3.59. The van der Waals surface area contributed by atoms with E-state index in [0.29, 0.717) is 0 Å². The molecule has 0 saturated carbocycles. The van der Waals surface area contributed by atoms with Gasteiger partial charge >= 0.3 is 0 Å². The molecule has 0 N–H and O–H groups in total. The normalized spacial score (nSPS) is 7.00. The van der Waals surface area contributed by atoms with Gasteiger partial charge in [0.05, 0.1) is 0 Å². The van der Waals surface area contributed by atoms with Crippen molar-refractivity contribution in [3.8, 4) is 0 Å². The Morgan fingerprint density at radius 1 is 1.62 bits per heavy atom. The number of aliphatic carboxylic acids is 1. The predicted molar refractivity (Wildman–Crippen MR) is 16.9 cm³/mol. The van der Waals surface area contributed by atoms with Crippen LogP contribution in [0.3, 0.4) is 0 Å². The van der Waals surface area contributed by atoms with Gasteiger partial charge in [-0.05, 0) is 0 Å². The Morgan fingerprint density at radius 2 is 2.00 bits per heavy atom. The molecule has 1 radical (unpaired) electrons. The fraction of sp³-hybridized carbons (Fsp3) is 0.500. The topological polar surface area (TPSA) is 83.3 Å². The number of carboxylic acids is 1. The number of carboxylic acid groups (broad SMARTS) is 1. The van der Waals surface area contributed by atoms with Crippen molar-refractivity contribution in [2.24, 2.45) is 0 Å². The molecule has 0 aromatic rings. The minimum absolute atomic E-state index is 0. The van der Waals surface area contributed by atoms with E-state index in [1.165, 1.54) is 0 Å². The summed E-state index contributed by atoms with van der Waals surface area (Å²) in [5.74, 6) is -1.66. The molecular formula is C2H2CuNO4-. The first-order chi connectivity index (χ1) is 3.13. The molecule has 0 saturated heterocycles. The number of nitrogens with zero attached hydrogens (tertiary/aromatic N) is 1. The van der Waals surface area contributed by atoms with E-state index < -0.39 is 17.4 Å². The third-order valence-electron chi connectivity index (χ3n) is 0.258. The summed E-state index contributed by atoms with van der Waals surface area (Å²) >= 11 is 0. The van der Waals surface area contributed by atoms with E-state index in [1.54, 1.807) is 0 Å². The van der Waals surface area contributed by atoms with E-state index in [4.69, 9.17) is 0 Å². The Balaban J connectivity index is 0. The molecule has 0 aliphatic heterocycles. The van der Waals surface area contributed by atoms with Crippen LogP contribution in [0.4, 0.5) is 0 Å². The van der Waals surface area contributed by atoms with Crippen LogP contribution in [0, 0.1) is 10.1 Å². The van der Waals surface area contributed by atoms with Crippen LogP contribution >= 0.6 is 0 Å². The monoisotopic (exact) mass is 167 g/mol. The van der Waals surface area contributed by atoms with Gasteiger partial charge in [0.25, 0.3) is 0 Å². The molecule has 0 fully saturated rings. The van der Waals surface area contributed by atoms with Gasteiger partial charge in [-0.25, -0.2) is 0 Å². The molecule has 0 aromatic heterocycles. The predicted octanol–water partition coefficient (Wildman–Crippen LogP) is -1.99. The van der Waals surface area contributed by atoms with E-state index >= 15 is 0 Å². The average molecular weight is 168 g/mol. The first kappa shape index (κ1) is 10.4. The van der Waals surface area contributed by atoms with E-state index in [2.05, 4.69) is 0 Å².